The number of aryl methyl sites for hydroxylation is 2. The van der Waals surface area contributed by atoms with Crippen molar-refractivity contribution in [1.29, 1.82) is 0 Å². The molecule has 1 aromatic rings. The van der Waals surface area contributed by atoms with Crippen molar-refractivity contribution in [3.8, 4) is 0 Å². The zero-order valence-corrected chi connectivity index (χ0v) is 16.2. The minimum atomic E-state index is 0.172. The second-order valence-corrected chi connectivity index (χ2v) is 9.29. The normalized spacial score (nSPS) is 26.6. The number of ether oxygens (including phenoxy) is 1. The van der Waals surface area contributed by atoms with Crippen LogP contribution in [0.1, 0.15) is 52.5 Å². The van der Waals surface area contributed by atoms with E-state index in [1.807, 2.05) is 18.7 Å². The summed E-state index contributed by atoms with van der Waals surface area (Å²) < 4.78 is 6.16. The van der Waals surface area contributed by atoms with Gasteiger partial charge in [0.15, 0.2) is 0 Å². The predicted molar refractivity (Wildman–Crippen MR) is 99.2 cm³/mol. The highest BCUT2D eigenvalue weighted by Crippen LogP contribution is 2.42. The maximum Gasteiger partial charge on any atom is 0.265 e. The van der Waals surface area contributed by atoms with Gasteiger partial charge in [-0.25, -0.2) is 4.98 Å². The maximum atomic E-state index is 12.8. The monoisotopic (exact) mass is 363 g/mol. The molecule has 138 valence electrons. The van der Waals surface area contributed by atoms with Gasteiger partial charge in [0.05, 0.1) is 23.4 Å². The summed E-state index contributed by atoms with van der Waals surface area (Å²) in [5.74, 6) is 0.172. The molecule has 6 heteroatoms. The average Bonchev–Trinajstić information content (AvgIpc) is 3.30. The van der Waals surface area contributed by atoms with Gasteiger partial charge in [-0.2, -0.15) is 0 Å². The van der Waals surface area contributed by atoms with Crippen molar-refractivity contribution in [3.63, 3.8) is 0 Å². The van der Waals surface area contributed by atoms with Crippen molar-refractivity contribution >= 4 is 17.2 Å². The summed E-state index contributed by atoms with van der Waals surface area (Å²) in [6.45, 7) is 10.1. The molecule has 1 atom stereocenters. The third kappa shape index (κ3) is 3.62. The Balaban J connectivity index is 1.32. The molecule has 4 rings (SSSR count). The van der Waals surface area contributed by atoms with Crippen molar-refractivity contribution < 1.29 is 9.53 Å². The number of nitrogens with zero attached hydrogens (tertiary/aromatic N) is 3. The summed E-state index contributed by atoms with van der Waals surface area (Å²) in [6, 6.07) is 0. The van der Waals surface area contributed by atoms with E-state index in [0.29, 0.717) is 11.5 Å². The molecule has 1 spiro atoms. The molecule has 0 unspecified atom stereocenters. The molecular formula is C19H29N3O2S. The molecule has 0 N–H and O–H groups in total. The highest BCUT2D eigenvalue weighted by atomic mass is 32.1. The number of rotatable bonds is 3. The Kier molecular flexibility index (Phi) is 4.86. The van der Waals surface area contributed by atoms with E-state index in [1.54, 1.807) is 0 Å². The van der Waals surface area contributed by atoms with Crippen molar-refractivity contribution in [2.45, 2.75) is 52.1 Å². The molecule has 0 aromatic carbocycles. The highest BCUT2D eigenvalue weighted by molar-refractivity contribution is 7.13. The first-order valence-corrected chi connectivity index (χ1v) is 10.4. The van der Waals surface area contributed by atoms with Crippen LogP contribution >= 0.6 is 11.3 Å². The Bertz CT molecular complexity index is 631. The number of amides is 1. The zero-order chi connectivity index (χ0) is 17.4. The van der Waals surface area contributed by atoms with Crippen LogP contribution in [0.2, 0.25) is 0 Å². The van der Waals surface area contributed by atoms with Crippen molar-refractivity contribution in [1.82, 2.24) is 14.8 Å². The van der Waals surface area contributed by atoms with Crippen molar-refractivity contribution in [2.75, 3.05) is 39.3 Å². The highest BCUT2D eigenvalue weighted by Gasteiger charge is 2.43. The van der Waals surface area contributed by atoms with Crippen LogP contribution in [-0.4, -0.2) is 66.1 Å². The van der Waals surface area contributed by atoms with Gasteiger partial charge in [-0.15, -0.1) is 11.3 Å². The van der Waals surface area contributed by atoms with Gasteiger partial charge in [0.1, 0.15) is 4.88 Å². The van der Waals surface area contributed by atoms with Crippen molar-refractivity contribution in [3.05, 3.63) is 15.6 Å². The number of likely N-dealkylation sites (tertiary alicyclic amines) is 2. The summed E-state index contributed by atoms with van der Waals surface area (Å²) in [4.78, 5) is 22.6. The van der Waals surface area contributed by atoms with Crippen LogP contribution < -0.4 is 0 Å². The summed E-state index contributed by atoms with van der Waals surface area (Å²) >= 11 is 1.53. The van der Waals surface area contributed by atoms with Crippen LogP contribution in [0.4, 0.5) is 0 Å². The third-order valence-corrected chi connectivity index (χ3v) is 7.22. The van der Waals surface area contributed by atoms with Crippen molar-refractivity contribution in [2.24, 2.45) is 5.41 Å². The largest absolute Gasteiger partial charge is 0.376 e. The Morgan fingerprint density at radius 2 is 1.96 bits per heavy atom. The fourth-order valence-corrected chi connectivity index (χ4v) is 5.56. The minimum Gasteiger partial charge on any atom is -0.376 e. The number of aromatic nitrogens is 1. The van der Waals surface area contributed by atoms with Crippen LogP contribution in [0.15, 0.2) is 0 Å². The van der Waals surface area contributed by atoms with E-state index in [1.165, 1.54) is 43.7 Å². The summed E-state index contributed by atoms with van der Waals surface area (Å²) in [5.41, 5.74) is 1.18. The second kappa shape index (κ2) is 6.97. The van der Waals surface area contributed by atoms with E-state index in [2.05, 4.69) is 9.88 Å². The van der Waals surface area contributed by atoms with Gasteiger partial charge < -0.3 is 14.5 Å². The SMILES string of the molecule is Cc1nc(C)c(C(=O)N2CCC3(CC2)CO[C@H](CN2CCCC2)C3)s1. The number of carbonyl (C=O) groups excluding carboxylic acids is 1. The van der Waals surface area contributed by atoms with E-state index in [0.717, 1.165) is 54.7 Å². The topological polar surface area (TPSA) is 45.7 Å². The fourth-order valence-electron chi connectivity index (χ4n) is 4.67. The molecule has 0 radical (unpaired) electrons. The first-order chi connectivity index (χ1) is 12.0. The lowest BCUT2D eigenvalue weighted by atomic mass is 9.76. The lowest BCUT2D eigenvalue weighted by Crippen LogP contribution is -2.43. The molecule has 1 aromatic heterocycles. The molecule has 5 nitrogen and oxygen atoms in total. The molecular weight excluding hydrogens is 334 g/mol. The van der Waals surface area contributed by atoms with Gasteiger partial charge in [0, 0.05) is 19.6 Å². The number of hydrogen-bond acceptors (Lipinski definition) is 5. The molecule has 0 saturated carbocycles. The summed E-state index contributed by atoms with van der Waals surface area (Å²) in [6.07, 6.45) is 6.39. The van der Waals surface area contributed by atoms with Crippen LogP contribution in [0.3, 0.4) is 0 Å². The molecule has 4 heterocycles. The maximum absolute atomic E-state index is 12.8. The van der Waals surface area contributed by atoms with E-state index in [9.17, 15) is 4.79 Å². The minimum absolute atomic E-state index is 0.172. The van der Waals surface area contributed by atoms with E-state index in [-0.39, 0.29) is 5.91 Å². The Hall–Kier alpha value is -0.980. The molecule has 1 amide bonds. The van der Waals surface area contributed by atoms with Gasteiger partial charge in [-0.05, 0) is 64.5 Å². The van der Waals surface area contributed by atoms with Crippen LogP contribution in [0, 0.1) is 19.3 Å². The third-order valence-electron chi connectivity index (χ3n) is 6.16. The first-order valence-electron chi connectivity index (χ1n) is 9.62. The van der Waals surface area contributed by atoms with Gasteiger partial charge in [0.2, 0.25) is 0 Å². The molecule has 25 heavy (non-hydrogen) atoms. The van der Waals surface area contributed by atoms with Crippen LogP contribution in [0.5, 0.6) is 0 Å². The standard InChI is InChI=1S/C19H29N3O2S/c1-14-17(25-15(2)20-14)18(23)22-9-5-19(6-10-22)11-16(24-13-19)12-21-7-3-4-8-21/h16H,3-13H2,1-2H3/t16-/m0/s1. The van der Waals surface area contributed by atoms with E-state index in [4.69, 9.17) is 4.74 Å². The fraction of sp³-hybridized carbons (Fsp3) is 0.789. The van der Waals surface area contributed by atoms with Gasteiger partial charge >= 0.3 is 0 Å². The number of thiazole rings is 1. The quantitative estimate of drug-likeness (QED) is 0.828. The van der Waals surface area contributed by atoms with Gasteiger partial charge in [-0.3, -0.25) is 4.79 Å². The molecule has 3 fully saturated rings. The Labute approximate surface area is 154 Å². The lowest BCUT2D eigenvalue weighted by Gasteiger charge is -2.38. The second-order valence-electron chi connectivity index (χ2n) is 8.08. The molecule has 3 aliphatic heterocycles. The lowest BCUT2D eigenvalue weighted by molar-refractivity contribution is 0.0462. The number of hydrogen-bond donors (Lipinski definition) is 0. The average molecular weight is 364 g/mol. The Morgan fingerprint density at radius 1 is 1.24 bits per heavy atom. The number of carbonyl (C=O) groups is 1. The van der Waals surface area contributed by atoms with Gasteiger partial charge in [-0.1, -0.05) is 0 Å². The molecule has 0 bridgehead atoms. The summed E-state index contributed by atoms with van der Waals surface area (Å²) in [7, 11) is 0. The van der Waals surface area contributed by atoms with E-state index >= 15 is 0 Å². The Morgan fingerprint density at radius 3 is 2.60 bits per heavy atom. The zero-order valence-electron chi connectivity index (χ0n) is 15.4. The predicted octanol–water partition coefficient (Wildman–Crippen LogP) is 2.87. The van der Waals surface area contributed by atoms with E-state index < -0.39 is 0 Å². The van der Waals surface area contributed by atoms with Gasteiger partial charge in [0.25, 0.3) is 5.91 Å². The first kappa shape index (κ1) is 17.4. The molecule has 3 aliphatic rings. The molecule has 3 saturated heterocycles. The smallest absolute Gasteiger partial charge is 0.265 e. The van der Waals surface area contributed by atoms with Crippen LogP contribution in [0.25, 0.3) is 0 Å². The van der Waals surface area contributed by atoms with Crippen LogP contribution in [-0.2, 0) is 4.74 Å². The summed E-state index contributed by atoms with van der Waals surface area (Å²) in [5, 5.41) is 0.975. The number of piperidine rings is 1. The molecule has 0 aliphatic carbocycles.